The van der Waals surface area contributed by atoms with Gasteiger partial charge in [-0.1, -0.05) is 17.7 Å². The van der Waals surface area contributed by atoms with E-state index in [2.05, 4.69) is 27.3 Å². The van der Waals surface area contributed by atoms with Crippen LogP contribution >= 0.6 is 0 Å². The molecule has 1 amide bonds. The maximum Gasteiger partial charge on any atom is 0.435 e. The number of rotatable bonds is 6. The van der Waals surface area contributed by atoms with Crippen LogP contribution < -0.4 is 10.2 Å². The average molecular weight is 553 g/mol. The van der Waals surface area contributed by atoms with E-state index in [4.69, 9.17) is 4.74 Å². The van der Waals surface area contributed by atoms with Gasteiger partial charge in [-0.2, -0.15) is 8.99 Å². The molecule has 1 aromatic heterocycles. The van der Waals surface area contributed by atoms with E-state index in [1.54, 1.807) is 43.3 Å². The minimum Gasteiger partial charge on any atom is -0.448 e. The number of likely N-dealkylation sites (N-methyl/N-ethyl adjacent to an activating group) is 1. The van der Waals surface area contributed by atoms with Crippen LogP contribution in [-0.2, 0) is 27.8 Å². The smallest absolute Gasteiger partial charge is 0.435 e. The number of aryl methyl sites for hydroxylation is 1. The van der Waals surface area contributed by atoms with Crippen molar-refractivity contribution >= 4 is 33.5 Å². The number of piperazine rings is 1. The molecule has 1 saturated heterocycles. The predicted molar refractivity (Wildman–Crippen MR) is 146 cm³/mol. The Kier molecular flexibility index (Phi) is 7.43. The van der Waals surface area contributed by atoms with Crippen molar-refractivity contribution in [1.82, 2.24) is 19.0 Å². The summed E-state index contributed by atoms with van der Waals surface area (Å²) in [5.41, 5.74) is 3.24. The number of nitrogens with one attached hydrogen (secondary N) is 1. The van der Waals surface area contributed by atoms with Gasteiger partial charge in [0.1, 0.15) is 0 Å². The van der Waals surface area contributed by atoms with E-state index < -0.39 is 22.0 Å². The Morgan fingerprint density at radius 3 is 2.28 bits per heavy atom. The Morgan fingerprint density at radius 2 is 1.64 bits per heavy atom. The van der Waals surface area contributed by atoms with E-state index in [-0.39, 0.29) is 30.4 Å². The van der Waals surface area contributed by atoms with Gasteiger partial charge in [-0.3, -0.25) is 4.79 Å². The second-order valence-corrected chi connectivity index (χ2v) is 11.7. The Balaban J connectivity index is 1.38. The fourth-order valence-corrected chi connectivity index (χ4v) is 6.12. The van der Waals surface area contributed by atoms with Gasteiger partial charge in [0, 0.05) is 49.5 Å². The minimum absolute atomic E-state index is 0.0388. The lowest BCUT2D eigenvalue weighted by Crippen LogP contribution is -2.44. The number of carbonyl (C=O) groups is 2. The largest absolute Gasteiger partial charge is 0.448 e. The molecule has 0 spiro atoms. The standard InChI is InChI=1S/C27H32N6O5S/c1-4-38-27(35)33-24-18-32(39(36,37)22-11-5-19(2)6-12-22)17-23(24)25(29-33)28-26(34)20-7-9-21(10-8-20)31-15-13-30(3)14-16-31/h5-12H,4,13-18H2,1-3H3,(H,28,29,34). The van der Waals surface area contributed by atoms with Crippen LogP contribution in [0.15, 0.2) is 53.4 Å². The molecular formula is C27H32N6O5S. The van der Waals surface area contributed by atoms with Crippen LogP contribution in [0.2, 0.25) is 0 Å². The molecule has 206 valence electrons. The molecule has 0 radical (unpaired) electrons. The van der Waals surface area contributed by atoms with Gasteiger partial charge in [-0.25, -0.2) is 13.2 Å². The van der Waals surface area contributed by atoms with E-state index in [0.717, 1.165) is 42.1 Å². The first-order valence-electron chi connectivity index (χ1n) is 12.9. The number of fused-ring (bicyclic) bond motifs is 1. The number of amides is 1. The van der Waals surface area contributed by atoms with Gasteiger partial charge in [0.15, 0.2) is 5.82 Å². The highest BCUT2D eigenvalue weighted by Gasteiger charge is 2.37. The summed E-state index contributed by atoms with van der Waals surface area (Å²) in [5, 5.41) is 7.07. The van der Waals surface area contributed by atoms with Crippen LogP contribution in [0.25, 0.3) is 0 Å². The van der Waals surface area contributed by atoms with Crippen LogP contribution in [0.3, 0.4) is 0 Å². The first kappa shape index (κ1) is 26.9. The monoisotopic (exact) mass is 552 g/mol. The third kappa shape index (κ3) is 5.40. The highest BCUT2D eigenvalue weighted by molar-refractivity contribution is 7.89. The lowest BCUT2D eigenvalue weighted by atomic mass is 10.1. The molecule has 12 heteroatoms. The highest BCUT2D eigenvalue weighted by Crippen LogP contribution is 2.33. The summed E-state index contributed by atoms with van der Waals surface area (Å²) in [5.74, 6) is -0.274. The fraction of sp³-hybridized carbons (Fsp3) is 0.370. The number of nitrogens with zero attached hydrogens (tertiary/aromatic N) is 5. The molecule has 3 heterocycles. The van der Waals surface area contributed by atoms with Gasteiger partial charge in [-0.15, -0.1) is 5.10 Å². The molecule has 2 aromatic carbocycles. The topological polar surface area (TPSA) is 117 Å². The van der Waals surface area contributed by atoms with Crippen LogP contribution in [0.4, 0.5) is 16.3 Å². The zero-order valence-corrected chi connectivity index (χ0v) is 23.1. The first-order valence-corrected chi connectivity index (χ1v) is 14.3. The molecule has 2 aliphatic rings. The predicted octanol–water partition coefficient (Wildman–Crippen LogP) is 2.90. The lowest BCUT2D eigenvalue weighted by molar-refractivity contribution is 0.102. The Morgan fingerprint density at radius 1 is 0.974 bits per heavy atom. The van der Waals surface area contributed by atoms with Crippen LogP contribution in [0, 0.1) is 6.92 Å². The van der Waals surface area contributed by atoms with Crippen molar-refractivity contribution in [2.24, 2.45) is 0 Å². The average Bonchev–Trinajstić information content (AvgIpc) is 3.51. The summed E-state index contributed by atoms with van der Waals surface area (Å²) in [7, 11) is -1.75. The van der Waals surface area contributed by atoms with Gasteiger partial charge >= 0.3 is 6.09 Å². The Hall–Kier alpha value is -3.74. The lowest BCUT2D eigenvalue weighted by Gasteiger charge is -2.34. The number of benzene rings is 2. The Bertz CT molecular complexity index is 1480. The summed E-state index contributed by atoms with van der Waals surface area (Å²) in [6, 6.07) is 13.9. The van der Waals surface area contributed by atoms with Crippen LogP contribution in [-0.4, -0.2) is 79.2 Å². The van der Waals surface area contributed by atoms with E-state index in [0.29, 0.717) is 16.8 Å². The molecule has 3 aromatic rings. The fourth-order valence-electron chi connectivity index (χ4n) is 4.75. The highest BCUT2D eigenvalue weighted by atomic mass is 32.2. The van der Waals surface area contributed by atoms with Crippen molar-refractivity contribution in [3.05, 3.63) is 70.9 Å². The summed E-state index contributed by atoms with van der Waals surface area (Å²) in [4.78, 5) is 30.5. The van der Waals surface area contributed by atoms with Crippen molar-refractivity contribution < 1.29 is 22.7 Å². The number of hydrogen-bond acceptors (Lipinski definition) is 8. The van der Waals surface area contributed by atoms with E-state index in [9.17, 15) is 18.0 Å². The normalized spacial score (nSPS) is 16.2. The molecule has 0 saturated carbocycles. The molecule has 2 aliphatic heterocycles. The number of carbonyl (C=O) groups excluding carboxylic acids is 2. The first-order chi connectivity index (χ1) is 18.7. The maximum absolute atomic E-state index is 13.3. The summed E-state index contributed by atoms with van der Waals surface area (Å²) in [6.45, 7) is 7.36. The van der Waals surface area contributed by atoms with E-state index in [1.807, 2.05) is 19.1 Å². The summed E-state index contributed by atoms with van der Waals surface area (Å²) in [6.07, 6.45) is -0.736. The molecule has 1 fully saturated rings. The number of ether oxygens (including phenoxy) is 1. The molecule has 0 bridgehead atoms. The van der Waals surface area contributed by atoms with E-state index in [1.165, 1.54) is 4.31 Å². The molecule has 1 N–H and O–H groups in total. The SMILES string of the molecule is CCOC(=O)n1nc(NC(=O)c2ccc(N3CCN(C)CC3)cc2)c2c1CN(S(=O)(=O)c1ccc(C)cc1)C2. The maximum atomic E-state index is 13.3. The van der Waals surface area contributed by atoms with Crippen molar-refractivity contribution in [3.8, 4) is 0 Å². The van der Waals surface area contributed by atoms with Crippen LogP contribution in [0.5, 0.6) is 0 Å². The van der Waals surface area contributed by atoms with Crippen molar-refractivity contribution in [1.29, 1.82) is 0 Å². The Labute approximate surface area is 228 Å². The molecule has 0 unspecified atom stereocenters. The quantitative estimate of drug-likeness (QED) is 0.496. The minimum atomic E-state index is -3.84. The van der Waals surface area contributed by atoms with Crippen molar-refractivity contribution in [2.45, 2.75) is 31.8 Å². The van der Waals surface area contributed by atoms with Gasteiger partial charge < -0.3 is 19.9 Å². The molecule has 0 atom stereocenters. The molecule has 39 heavy (non-hydrogen) atoms. The molecule has 0 aliphatic carbocycles. The van der Waals surface area contributed by atoms with Crippen molar-refractivity contribution in [2.75, 3.05) is 50.1 Å². The van der Waals surface area contributed by atoms with Crippen molar-refractivity contribution in [3.63, 3.8) is 0 Å². The summed E-state index contributed by atoms with van der Waals surface area (Å²) >= 11 is 0. The van der Waals surface area contributed by atoms with Gasteiger partial charge in [0.2, 0.25) is 10.0 Å². The zero-order chi connectivity index (χ0) is 27.7. The van der Waals surface area contributed by atoms with Gasteiger partial charge in [0.25, 0.3) is 5.91 Å². The number of aromatic nitrogens is 2. The molecule has 5 rings (SSSR count). The second kappa shape index (κ2) is 10.8. The van der Waals surface area contributed by atoms with Gasteiger partial charge in [0.05, 0.1) is 23.7 Å². The van der Waals surface area contributed by atoms with Gasteiger partial charge in [-0.05, 0) is 57.3 Å². The molecular weight excluding hydrogens is 520 g/mol. The zero-order valence-electron chi connectivity index (χ0n) is 22.3. The number of hydrogen-bond donors (Lipinski definition) is 1. The summed E-state index contributed by atoms with van der Waals surface area (Å²) < 4.78 is 34.1. The second-order valence-electron chi connectivity index (χ2n) is 9.76. The van der Waals surface area contributed by atoms with E-state index >= 15 is 0 Å². The number of anilines is 2. The van der Waals surface area contributed by atoms with Crippen LogP contribution in [0.1, 0.15) is 34.1 Å². The molecule has 11 nitrogen and oxygen atoms in total. The third-order valence-electron chi connectivity index (χ3n) is 7.08. The third-order valence-corrected chi connectivity index (χ3v) is 8.89. The number of sulfonamides is 1.